The molecule has 1 aromatic heterocycles. The fourth-order valence-corrected chi connectivity index (χ4v) is 0.815. The van der Waals surface area contributed by atoms with Crippen LogP contribution in [0.4, 0.5) is 0 Å². The van der Waals surface area contributed by atoms with E-state index >= 15 is 0 Å². The van der Waals surface area contributed by atoms with Gasteiger partial charge in [0.2, 0.25) is 0 Å². The predicted molar refractivity (Wildman–Crippen MR) is 42.3 cm³/mol. The van der Waals surface area contributed by atoms with Gasteiger partial charge in [0, 0.05) is 12.1 Å². The molecule has 0 amide bonds. The van der Waals surface area contributed by atoms with Gasteiger partial charge in [0.05, 0.1) is 6.61 Å². The highest BCUT2D eigenvalue weighted by molar-refractivity contribution is 5.72. The van der Waals surface area contributed by atoms with Crippen molar-refractivity contribution < 1.29 is 31.4 Å². The Balaban J connectivity index is 0.00000144. The van der Waals surface area contributed by atoms with E-state index in [-0.39, 0.29) is 29.5 Å². The van der Waals surface area contributed by atoms with Gasteiger partial charge in [0.1, 0.15) is 0 Å². The Morgan fingerprint density at radius 2 is 1.92 bits per heavy atom. The van der Waals surface area contributed by atoms with E-state index < -0.39 is 6.04 Å². The standard InChI is InChI=1S/C8H11N2O2.BrH/c9-7(6-11)8(12)10-4-2-1-3-5-10;/h1-5,7,11H,6,9H2;1H/q+1;/p-1. The number of pyridine rings is 1. The van der Waals surface area contributed by atoms with Gasteiger partial charge in [0.25, 0.3) is 0 Å². The number of aliphatic hydroxyl groups is 1. The van der Waals surface area contributed by atoms with Gasteiger partial charge in [-0.15, -0.1) is 4.57 Å². The molecule has 0 fully saturated rings. The Bertz CT molecular complexity index is 266. The molecule has 5 heteroatoms. The molecule has 4 nitrogen and oxygen atoms in total. The van der Waals surface area contributed by atoms with Crippen LogP contribution >= 0.6 is 0 Å². The minimum absolute atomic E-state index is 0. The van der Waals surface area contributed by atoms with E-state index in [1.54, 1.807) is 30.6 Å². The lowest BCUT2D eigenvalue weighted by atomic mass is 10.3. The van der Waals surface area contributed by atoms with Gasteiger partial charge in [-0.25, -0.2) is 4.79 Å². The first kappa shape index (κ1) is 12.2. The van der Waals surface area contributed by atoms with E-state index in [4.69, 9.17) is 10.8 Å². The number of nitrogens with zero attached hydrogens (tertiary/aromatic N) is 1. The Kier molecular flexibility index (Phi) is 5.45. The number of rotatable bonds is 2. The average molecular weight is 247 g/mol. The van der Waals surface area contributed by atoms with Gasteiger partial charge in [-0.3, -0.25) is 0 Å². The van der Waals surface area contributed by atoms with E-state index in [1.165, 1.54) is 4.57 Å². The molecule has 0 aliphatic rings. The molecule has 0 radical (unpaired) electrons. The first-order valence-corrected chi connectivity index (χ1v) is 3.62. The van der Waals surface area contributed by atoms with Crippen LogP contribution in [0.15, 0.2) is 30.6 Å². The molecular weight excluding hydrogens is 236 g/mol. The van der Waals surface area contributed by atoms with Crippen molar-refractivity contribution in [2.24, 2.45) is 5.73 Å². The Morgan fingerprint density at radius 3 is 2.38 bits per heavy atom. The first-order chi connectivity index (χ1) is 5.75. The van der Waals surface area contributed by atoms with Gasteiger partial charge in [-0.2, -0.15) is 0 Å². The summed E-state index contributed by atoms with van der Waals surface area (Å²) >= 11 is 0. The zero-order valence-electron chi connectivity index (χ0n) is 6.93. The molecule has 1 atom stereocenters. The Hall–Kier alpha value is -0.780. The third-order valence-corrected chi connectivity index (χ3v) is 1.48. The molecule has 13 heavy (non-hydrogen) atoms. The molecule has 1 rings (SSSR count). The number of carbonyl (C=O) groups is 1. The second-order valence-corrected chi connectivity index (χ2v) is 2.41. The lowest BCUT2D eigenvalue weighted by molar-refractivity contribution is -0.575. The van der Waals surface area contributed by atoms with Crippen LogP contribution in [0.1, 0.15) is 4.79 Å². The summed E-state index contributed by atoms with van der Waals surface area (Å²) in [6.45, 7) is -0.333. The summed E-state index contributed by atoms with van der Waals surface area (Å²) in [6.07, 6.45) is 3.19. The van der Waals surface area contributed by atoms with Crippen LogP contribution in [0, 0.1) is 0 Å². The van der Waals surface area contributed by atoms with Crippen LogP contribution in [0.2, 0.25) is 0 Å². The van der Waals surface area contributed by atoms with Crippen LogP contribution in [0.25, 0.3) is 0 Å². The summed E-state index contributed by atoms with van der Waals surface area (Å²) in [6, 6.07) is 4.41. The molecular formula is C8H11BrN2O2. The van der Waals surface area contributed by atoms with Gasteiger partial charge >= 0.3 is 5.91 Å². The Labute approximate surface area is 86.8 Å². The van der Waals surface area contributed by atoms with Gasteiger partial charge < -0.3 is 27.8 Å². The van der Waals surface area contributed by atoms with E-state index in [0.717, 1.165) is 0 Å². The molecule has 72 valence electrons. The Morgan fingerprint density at radius 1 is 1.38 bits per heavy atom. The monoisotopic (exact) mass is 246 g/mol. The number of hydrogen-bond acceptors (Lipinski definition) is 3. The number of aliphatic hydroxyl groups excluding tert-OH is 1. The highest BCUT2D eigenvalue weighted by Gasteiger charge is 2.21. The van der Waals surface area contributed by atoms with Crippen molar-refractivity contribution in [3.8, 4) is 0 Å². The van der Waals surface area contributed by atoms with E-state index in [9.17, 15) is 4.79 Å². The molecule has 0 saturated heterocycles. The molecule has 0 aromatic carbocycles. The average Bonchev–Trinajstić information content (AvgIpc) is 2.17. The summed E-state index contributed by atoms with van der Waals surface area (Å²) in [7, 11) is 0. The molecule has 0 bridgehead atoms. The smallest absolute Gasteiger partial charge is 0.411 e. The van der Waals surface area contributed by atoms with Gasteiger partial charge in [-0.05, 0) is 0 Å². The highest BCUT2D eigenvalue weighted by Crippen LogP contribution is 1.80. The largest absolute Gasteiger partial charge is 1.00 e. The molecule has 1 unspecified atom stereocenters. The number of halogens is 1. The van der Waals surface area contributed by atoms with Crippen LogP contribution in [-0.4, -0.2) is 23.7 Å². The number of aromatic nitrogens is 1. The highest BCUT2D eigenvalue weighted by atomic mass is 79.9. The molecule has 1 heterocycles. The maximum absolute atomic E-state index is 11.3. The molecule has 1 aromatic rings. The zero-order valence-corrected chi connectivity index (χ0v) is 8.52. The van der Waals surface area contributed by atoms with Crippen molar-refractivity contribution in [2.45, 2.75) is 6.04 Å². The lowest BCUT2D eigenvalue weighted by Crippen LogP contribution is -3.00. The number of nitrogens with two attached hydrogens (primary N) is 1. The van der Waals surface area contributed by atoms with E-state index in [0.29, 0.717) is 0 Å². The fraction of sp³-hybridized carbons (Fsp3) is 0.250. The van der Waals surface area contributed by atoms with Crippen molar-refractivity contribution in [3.63, 3.8) is 0 Å². The minimum Gasteiger partial charge on any atom is -1.00 e. The van der Waals surface area contributed by atoms with Crippen LogP contribution in [0.3, 0.4) is 0 Å². The fourth-order valence-electron chi connectivity index (χ4n) is 0.815. The lowest BCUT2D eigenvalue weighted by Gasteiger charge is -1.99. The zero-order chi connectivity index (χ0) is 8.97. The second kappa shape index (κ2) is 5.80. The summed E-state index contributed by atoms with van der Waals surface area (Å²) in [5.74, 6) is -0.307. The quantitative estimate of drug-likeness (QED) is 0.522. The van der Waals surface area contributed by atoms with Gasteiger partial charge in [0.15, 0.2) is 18.4 Å². The molecule has 0 aliphatic heterocycles. The van der Waals surface area contributed by atoms with Crippen molar-refractivity contribution in [1.29, 1.82) is 0 Å². The van der Waals surface area contributed by atoms with Gasteiger partial charge in [-0.1, -0.05) is 6.07 Å². The molecule has 0 aliphatic carbocycles. The third-order valence-electron chi connectivity index (χ3n) is 1.48. The third kappa shape index (κ3) is 3.22. The number of carbonyl (C=O) groups excluding carboxylic acids is 1. The van der Waals surface area contributed by atoms with Crippen molar-refractivity contribution in [3.05, 3.63) is 30.6 Å². The number of hydrogen-bond donors (Lipinski definition) is 2. The van der Waals surface area contributed by atoms with Crippen LogP contribution in [0.5, 0.6) is 0 Å². The van der Waals surface area contributed by atoms with Crippen molar-refractivity contribution >= 4 is 5.91 Å². The summed E-state index contributed by atoms with van der Waals surface area (Å²) in [4.78, 5) is 11.3. The van der Waals surface area contributed by atoms with Crippen molar-refractivity contribution in [2.75, 3.05) is 6.61 Å². The molecule has 0 spiro atoms. The molecule has 0 saturated carbocycles. The van der Waals surface area contributed by atoms with E-state index in [2.05, 4.69) is 0 Å². The summed E-state index contributed by atoms with van der Waals surface area (Å²) in [5.41, 5.74) is 5.33. The van der Waals surface area contributed by atoms with Crippen LogP contribution in [-0.2, 0) is 0 Å². The first-order valence-electron chi connectivity index (χ1n) is 3.62. The topological polar surface area (TPSA) is 67.2 Å². The second-order valence-electron chi connectivity index (χ2n) is 2.41. The maximum atomic E-state index is 11.3. The molecule has 3 N–H and O–H groups in total. The predicted octanol–water partition coefficient (Wildman–Crippen LogP) is -4.06. The SMILES string of the molecule is NC(CO)C(=O)[n+]1ccccc1.[Br-]. The minimum atomic E-state index is -0.836. The summed E-state index contributed by atoms with van der Waals surface area (Å²) in [5, 5.41) is 8.61. The normalized spacial score (nSPS) is 11.5. The summed E-state index contributed by atoms with van der Waals surface area (Å²) < 4.78 is 1.35. The van der Waals surface area contributed by atoms with E-state index in [1.807, 2.05) is 0 Å². The maximum Gasteiger partial charge on any atom is 0.411 e. The van der Waals surface area contributed by atoms with Crippen LogP contribution < -0.4 is 27.3 Å². The van der Waals surface area contributed by atoms with Crippen molar-refractivity contribution in [1.82, 2.24) is 0 Å².